The molecule has 0 atom stereocenters. The maximum absolute atomic E-state index is 13.3. The summed E-state index contributed by atoms with van der Waals surface area (Å²) in [6, 6.07) is 2.04. The fourth-order valence-electron chi connectivity index (χ4n) is 2.93. The lowest BCUT2D eigenvalue weighted by molar-refractivity contribution is -0.391. The van der Waals surface area contributed by atoms with Gasteiger partial charge in [0.1, 0.15) is 0 Å². The SMILES string of the molecule is O=C=NC1(c2cc3c(cc2Cl)OC(F)(F)C(F)(F)O3)CCCC1. The summed E-state index contributed by atoms with van der Waals surface area (Å²) in [6.07, 6.45) is -5.72. The maximum atomic E-state index is 13.3. The first-order valence-corrected chi connectivity index (χ1v) is 7.15. The first kappa shape index (κ1) is 16.1. The van der Waals surface area contributed by atoms with E-state index in [1.807, 2.05) is 0 Å². The molecule has 1 aliphatic heterocycles. The first-order chi connectivity index (χ1) is 10.7. The van der Waals surface area contributed by atoms with Crippen molar-refractivity contribution in [3.8, 4) is 11.5 Å². The van der Waals surface area contributed by atoms with E-state index >= 15 is 0 Å². The molecule has 3 rings (SSSR count). The predicted molar refractivity (Wildman–Crippen MR) is 70.9 cm³/mol. The summed E-state index contributed by atoms with van der Waals surface area (Å²) in [5.41, 5.74) is -0.754. The van der Waals surface area contributed by atoms with Crippen molar-refractivity contribution < 1.29 is 31.8 Å². The summed E-state index contributed by atoms with van der Waals surface area (Å²) >= 11 is 6.07. The quantitative estimate of drug-likeness (QED) is 0.451. The molecule has 1 aromatic rings. The van der Waals surface area contributed by atoms with Crippen molar-refractivity contribution >= 4 is 17.7 Å². The van der Waals surface area contributed by atoms with Crippen molar-refractivity contribution in [2.24, 2.45) is 4.99 Å². The summed E-state index contributed by atoms with van der Waals surface area (Å²) in [7, 11) is 0. The van der Waals surface area contributed by atoms with Crippen molar-refractivity contribution in [3.05, 3.63) is 22.7 Å². The van der Waals surface area contributed by atoms with Crippen LogP contribution in [0.2, 0.25) is 5.02 Å². The minimum atomic E-state index is -4.82. The lowest BCUT2D eigenvalue weighted by Gasteiger charge is -2.33. The van der Waals surface area contributed by atoms with Crippen molar-refractivity contribution in [1.82, 2.24) is 0 Å². The Balaban J connectivity index is 2.11. The van der Waals surface area contributed by atoms with Gasteiger partial charge in [-0.15, -0.1) is 0 Å². The number of halogens is 5. The van der Waals surface area contributed by atoms with Crippen LogP contribution in [-0.4, -0.2) is 18.3 Å². The minimum absolute atomic E-state index is 0.0192. The molecule has 0 N–H and O–H groups in total. The van der Waals surface area contributed by atoms with E-state index in [1.165, 1.54) is 6.08 Å². The van der Waals surface area contributed by atoms with E-state index in [2.05, 4.69) is 14.5 Å². The number of benzene rings is 1. The van der Waals surface area contributed by atoms with Gasteiger partial charge in [0, 0.05) is 11.6 Å². The van der Waals surface area contributed by atoms with E-state index in [4.69, 9.17) is 11.6 Å². The highest BCUT2D eigenvalue weighted by Gasteiger charge is 2.66. The van der Waals surface area contributed by atoms with Crippen molar-refractivity contribution in [3.63, 3.8) is 0 Å². The second kappa shape index (κ2) is 5.11. The number of ether oxygens (including phenoxy) is 2. The van der Waals surface area contributed by atoms with Crippen LogP contribution < -0.4 is 9.47 Å². The molecule has 4 nitrogen and oxygen atoms in total. The van der Waals surface area contributed by atoms with Crippen molar-refractivity contribution in [1.29, 1.82) is 0 Å². The van der Waals surface area contributed by atoms with Crippen LogP contribution in [0.3, 0.4) is 0 Å². The highest BCUT2D eigenvalue weighted by Crippen LogP contribution is 2.52. The molecule has 9 heteroatoms. The summed E-state index contributed by atoms with van der Waals surface area (Å²) < 4.78 is 61.1. The standard InChI is InChI=1S/C14H10ClF4NO3/c15-9-6-11-10(22-13(16,17)14(18,19)23-11)5-8(9)12(20-7-21)3-1-2-4-12/h5-6H,1-4H2. The minimum Gasteiger partial charge on any atom is -0.421 e. The lowest BCUT2D eigenvalue weighted by Crippen LogP contribution is -2.52. The molecule has 1 saturated carbocycles. The van der Waals surface area contributed by atoms with Crippen LogP contribution in [0.1, 0.15) is 31.2 Å². The normalized spacial score (nSPS) is 23.2. The van der Waals surface area contributed by atoms with E-state index in [0.29, 0.717) is 12.8 Å². The van der Waals surface area contributed by atoms with Gasteiger partial charge in [-0.05, 0) is 18.9 Å². The average Bonchev–Trinajstić information content (AvgIpc) is 2.89. The van der Waals surface area contributed by atoms with Crippen molar-refractivity contribution in [2.45, 2.75) is 43.4 Å². The average molecular weight is 352 g/mol. The molecule has 0 radical (unpaired) electrons. The number of hydrogen-bond acceptors (Lipinski definition) is 4. The van der Waals surface area contributed by atoms with Crippen LogP contribution >= 0.6 is 11.6 Å². The Morgan fingerprint density at radius 3 is 2.09 bits per heavy atom. The molecule has 0 spiro atoms. The molecule has 23 heavy (non-hydrogen) atoms. The molecular formula is C14H10ClF4NO3. The molecular weight excluding hydrogens is 342 g/mol. The zero-order chi connectivity index (χ0) is 16.9. The van der Waals surface area contributed by atoms with Gasteiger partial charge < -0.3 is 9.47 Å². The van der Waals surface area contributed by atoms with E-state index < -0.39 is 29.3 Å². The van der Waals surface area contributed by atoms with Gasteiger partial charge in [0.15, 0.2) is 11.5 Å². The van der Waals surface area contributed by atoms with Crippen LogP contribution in [0.15, 0.2) is 17.1 Å². The topological polar surface area (TPSA) is 47.9 Å². The summed E-state index contributed by atoms with van der Waals surface area (Å²) in [5.74, 6) is -1.18. The number of isocyanates is 1. The Hall–Kier alpha value is -1.79. The molecule has 1 aromatic carbocycles. The summed E-state index contributed by atoms with van der Waals surface area (Å²) in [6.45, 7) is 0. The highest BCUT2D eigenvalue weighted by atomic mass is 35.5. The number of aliphatic imine (C=N–C) groups is 1. The van der Waals surface area contributed by atoms with Gasteiger partial charge in [-0.25, -0.2) is 4.79 Å². The highest BCUT2D eigenvalue weighted by molar-refractivity contribution is 6.31. The molecule has 1 aliphatic carbocycles. The van der Waals surface area contributed by atoms with E-state index in [-0.39, 0.29) is 10.6 Å². The third-order valence-corrected chi connectivity index (χ3v) is 4.35. The molecule has 0 unspecified atom stereocenters. The van der Waals surface area contributed by atoms with E-state index in [9.17, 15) is 22.4 Å². The lowest BCUT2D eigenvalue weighted by atomic mass is 9.88. The number of fused-ring (bicyclic) bond motifs is 1. The molecule has 0 bridgehead atoms. The van der Waals surface area contributed by atoms with Crippen LogP contribution in [0, 0.1) is 0 Å². The molecule has 1 heterocycles. The van der Waals surface area contributed by atoms with Gasteiger partial charge in [-0.1, -0.05) is 24.4 Å². The van der Waals surface area contributed by atoms with Crippen LogP contribution in [-0.2, 0) is 10.3 Å². The van der Waals surface area contributed by atoms with Gasteiger partial charge in [-0.2, -0.15) is 22.6 Å². The Labute approximate surface area is 133 Å². The van der Waals surface area contributed by atoms with E-state index in [0.717, 1.165) is 25.0 Å². The second-order valence-electron chi connectivity index (χ2n) is 5.46. The molecule has 0 saturated heterocycles. The summed E-state index contributed by atoms with van der Waals surface area (Å²) in [4.78, 5) is 14.5. The Morgan fingerprint density at radius 2 is 1.57 bits per heavy atom. The van der Waals surface area contributed by atoms with Crippen LogP contribution in [0.25, 0.3) is 0 Å². The number of carbonyl (C=O) groups excluding carboxylic acids is 1. The Morgan fingerprint density at radius 1 is 1.04 bits per heavy atom. The van der Waals surface area contributed by atoms with Gasteiger partial charge in [0.05, 0.1) is 10.6 Å². The van der Waals surface area contributed by atoms with Crippen molar-refractivity contribution in [2.75, 3.05) is 0 Å². The Bertz CT molecular complexity index is 698. The molecule has 2 aliphatic rings. The van der Waals surface area contributed by atoms with Crippen LogP contribution in [0.5, 0.6) is 11.5 Å². The largest absolute Gasteiger partial charge is 0.507 e. The zero-order valence-corrected chi connectivity index (χ0v) is 12.3. The number of hydrogen-bond donors (Lipinski definition) is 0. The number of nitrogens with zero attached hydrogens (tertiary/aromatic N) is 1. The third kappa shape index (κ3) is 2.46. The molecule has 124 valence electrons. The zero-order valence-electron chi connectivity index (χ0n) is 11.5. The van der Waals surface area contributed by atoms with Gasteiger partial charge in [0.25, 0.3) is 0 Å². The first-order valence-electron chi connectivity index (χ1n) is 6.77. The fourth-order valence-corrected chi connectivity index (χ4v) is 3.26. The van der Waals surface area contributed by atoms with Gasteiger partial charge >= 0.3 is 12.2 Å². The van der Waals surface area contributed by atoms with Crippen LogP contribution in [0.4, 0.5) is 17.6 Å². The fraction of sp³-hybridized carbons (Fsp3) is 0.500. The maximum Gasteiger partial charge on any atom is 0.507 e. The number of alkyl halides is 4. The second-order valence-corrected chi connectivity index (χ2v) is 5.87. The predicted octanol–water partition coefficient (Wildman–Crippen LogP) is 4.40. The monoisotopic (exact) mass is 351 g/mol. The third-order valence-electron chi connectivity index (χ3n) is 4.04. The molecule has 0 aromatic heterocycles. The molecule has 0 amide bonds. The number of rotatable bonds is 2. The molecule has 1 fully saturated rings. The Kier molecular flexibility index (Phi) is 3.57. The van der Waals surface area contributed by atoms with Gasteiger partial charge in [-0.3, -0.25) is 0 Å². The smallest absolute Gasteiger partial charge is 0.421 e. The van der Waals surface area contributed by atoms with E-state index in [1.54, 1.807) is 0 Å². The summed E-state index contributed by atoms with van der Waals surface area (Å²) in [5, 5.41) is -0.0192. The van der Waals surface area contributed by atoms with Gasteiger partial charge in [0.2, 0.25) is 6.08 Å².